The second kappa shape index (κ2) is 5.18. The molecular formula is C13H13N3O2. The summed E-state index contributed by atoms with van der Waals surface area (Å²) in [6, 6.07) is 14.1. The average molecular weight is 243 g/mol. The van der Waals surface area contributed by atoms with Crippen molar-refractivity contribution in [1.82, 2.24) is 0 Å². The molecule has 0 spiro atoms. The van der Waals surface area contributed by atoms with E-state index in [2.05, 4.69) is 5.32 Å². The topological polar surface area (TPSA) is 81.2 Å². The predicted molar refractivity (Wildman–Crippen MR) is 71.3 cm³/mol. The minimum absolute atomic E-state index is 0.0276. The van der Waals surface area contributed by atoms with E-state index in [-0.39, 0.29) is 5.69 Å². The molecule has 0 aliphatic carbocycles. The van der Waals surface area contributed by atoms with E-state index in [1.165, 1.54) is 18.2 Å². The Labute approximate surface area is 104 Å². The summed E-state index contributed by atoms with van der Waals surface area (Å²) in [5.41, 5.74) is 7.96. The van der Waals surface area contributed by atoms with Gasteiger partial charge in [0.25, 0.3) is 5.69 Å². The number of hydrogen-bond acceptors (Lipinski definition) is 4. The van der Waals surface area contributed by atoms with Crippen LogP contribution >= 0.6 is 0 Å². The third kappa shape index (κ3) is 2.76. The van der Waals surface area contributed by atoms with E-state index < -0.39 is 4.92 Å². The van der Waals surface area contributed by atoms with Crippen LogP contribution in [-0.2, 0) is 6.54 Å². The van der Waals surface area contributed by atoms with Gasteiger partial charge in [0.05, 0.1) is 16.3 Å². The molecule has 0 heterocycles. The van der Waals surface area contributed by atoms with Crippen LogP contribution in [0.1, 0.15) is 5.56 Å². The second-order valence-electron chi connectivity index (χ2n) is 3.87. The predicted octanol–water partition coefficient (Wildman–Crippen LogP) is 2.79. The standard InChI is InChI=1S/C13H13N3O2/c14-12-7-6-11(16(17)18)8-13(12)15-9-10-4-2-1-3-5-10/h1-8,15H,9,14H2. The van der Waals surface area contributed by atoms with Crippen LogP contribution in [0.5, 0.6) is 0 Å². The van der Waals surface area contributed by atoms with Gasteiger partial charge >= 0.3 is 0 Å². The molecule has 0 unspecified atom stereocenters. The summed E-state index contributed by atoms with van der Waals surface area (Å²) in [6.07, 6.45) is 0. The number of rotatable bonds is 4. The number of nitrogens with two attached hydrogens (primary N) is 1. The van der Waals surface area contributed by atoms with Crippen molar-refractivity contribution in [1.29, 1.82) is 0 Å². The zero-order chi connectivity index (χ0) is 13.0. The summed E-state index contributed by atoms with van der Waals surface area (Å²) >= 11 is 0. The Morgan fingerprint density at radius 3 is 2.56 bits per heavy atom. The number of benzene rings is 2. The van der Waals surface area contributed by atoms with Crippen LogP contribution in [0.2, 0.25) is 0 Å². The van der Waals surface area contributed by atoms with E-state index in [1.54, 1.807) is 0 Å². The van der Waals surface area contributed by atoms with E-state index in [4.69, 9.17) is 5.73 Å². The highest BCUT2D eigenvalue weighted by atomic mass is 16.6. The Hall–Kier alpha value is -2.56. The monoisotopic (exact) mass is 243 g/mol. The first-order valence-corrected chi connectivity index (χ1v) is 5.48. The number of nitrogens with one attached hydrogen (secondary N) is 1. The fourth-order valence-corrected chi connectivity index (χ4v) is 1.60. The van der Waals surface area contributed by atoms with Gasteiger partial charge in [-0.05, 0) is 11.6 Å². The summed E-state index contributed by atoms with van der Waals surface area (Å²) in [5, 5.41) is 13.8. The van der Waals surface area contributed by atoms with Gasteiger partial charge in [0.15, 0.2) is 0 Å². The van der Waals surface area contributed by atoms with E-state index in [0.29, 0.717) is 17.9 Å². The van der Waals surface area contributed by atoms with E-state index in [0.717, 1.165) is 5.56 Å². The van der Waals surface area contributed by atoms with Crippen molar-refractivity contribution in [3.63, 3.8) is 0 Å². The molecule has 18 heavy (non-hydrogen) atoms. The summed E-state index contributed by atoms with van der Waals surface area (Å²) < 4.78 is 0. The first-order valence-electron chi connectivity index (χ1n) is 5.48. The van der Waals surface area contributed by atoms with Crippen LogP contribution < -0.4 is 11.1 Å². The van der Waals surface area contributed by atoms with E-state index >= 15 is 0 Å². The molecule has 92 valence electrons. The van der Waals surface area contributed by atoms with Gasteiger partial charge < -0.3 is 11.1 Å². The number of anilines is 2. The zero-order valence-corrected chi connectivity index (χ0v) is 9.67. The molecule has 0 aliphatic rings. The van der Waals surface area contributed by atoms with Crippen molar-refractivity contribution >= 4 is 17.1 Å². The molecule has 0 amide bonds. The Morgan fingerprint density at radius 2 is 1.89 bits per heavy atom. The molecule has 0 saturated heterocycles. The summed E-state index contributed by atoms with van der Waals surface area (Å²) in [5.74, 6) is 0. The summed E-state index contributed by atoms with van der Waals surface area (Å²) in [7, 11) is 0. The average Bonchev–Trinajstić information content (AvgIpc) is 2.38. The number of nitro benzene ring substituents is 1. The van der Waals surface area contributed by atoms with Crippen molar-refractivity contribution in [2.24, 2.45) is 0 Å². The van der Waals surface area contributed by atoms with Gasteiger partial charge in [-0.25, -0.2) is 0 Å². The van der Waals surface area contributed by atoms with Crippen LogP contribution in [-0.4, -0.2) is 4.92 Å². The lowest BCUT2D eigenvalue weighted by molar-refractivity contribution is -0.384. The molecule has 0 saturated carbocycles. The Balaban J connectivity index is 2.14. The molecule has 5 heteroatoms. The van der Waals surface area contributed by atoms with Gasteiger partial charge in [-0.15, -0.1) is 0 Å². The van der Waals surface area contributed by atoms with Gasteiger partial charge in [0.2, 0.25) is 0 Å². The molecule has 0 aliphatic heterocycles. The molecule has 0 bridgehead atoms. The van der Waals surface area contributed by atoms with Crippen molar-refractivity contribution in [3.8, 4) is 0 Å². The Bertz CT molecular complexity index is 555. The van der Waals surface area contributed by atoms with Crippen molar-refractivity contribution in [2.45, 2.75) is 6.54 Å². The lowest BCUT2D eigenvalue weighted by Gasteiger charge is -2.09. The largest absolute Gasteiger partial charge is 0.397 e. The fraction of sp³-hybridized carbons (Fsp3) is 0.0769. The first kappa shape index (κ1) is 11.9. The molecule has 0 radical (unpaired) electrons. The lowest BCUT2D eigenvalue weighted by Crippen LogP contribution is -2.03. The first-order chi connectivity index (χ1) is 8.66. The maximum Gasteiger partial charge on any atom is 0.271 e. The molecule has 2 aromatic rings. The highest BCUT2D eigenvalue weighted by Gasteiger charge is 2.08. The van der Waals surface area contributed by atoms with Gasteiger partial charge in [0.1, 0.15) is 0 Å². The number of non-ortho nitro benzene ring substituents is 1. The molecule has 5 nitrogen and oxygen atoms in total. The zero-order valence-electron chi connectivity index (χ0n) is 9.67. The molecule has 0 aromatic heterocycles. The van der Waals surface area contributed by atoms with Crippen LogP contribution in [0.3, 0.4) is 0 Å². The summed E-state index contributed by atoms with van der Waals surface area (Å²) in [4.78, 5) is 10.2. The number of nitro groups is 1. The lowest BCUT2D eigenvalue weighted by atomic mass is 10.2. The molecule has 0 atom stereocenters. The molecule has 2 rings (SSSR count). The molecule has 0 fully saturated rings. The van der Waals surface area contributed by atoms with Crippen LogP contribution in [0.25, 0.3) is 0 Å². The SMILES string of the molecule is Nc1ccc([N+](=O)[O-])cc1NCc1ccccc1. The molecular weight excluding hydrogens is 230 g/mol. The Morgan fingerprint density at radius 1 is 1.17 bits per heavy atom. The van der Waals surface area contributed by atoms with Gasteiger partial charge in [0, 0.05) is 18.7 Å². The van der Waals surface area contributed by atoms with E-state index in [9.17, 15) is 10.1 Å². The van der Waals surface area contributed by atoms with E-state index in [1.807, 2.05) is 30.3 Å². The van der Waals surface area contributed by atoms with Gasteiger partial charge in [-0.3, -0.25) is 10.1 Å². The van der Waals surface area contributed by atoms with Gasteiger partial charge in [-0.1, -0.05) is 30.3 Å². The van der Waals surface area contributed by atoms with Crippen LogP contribution in [0.15, 0.2) is 48.5 Å². The number of hydrogen-bond donors (Lipinski definition) is 2. The molecule has 2 aromatic carbocycles. The summed E-state index contributed by atoms with van der Waals surface area (Å²) in [6.45, 7) is 0.576. The Kier molecular flexibility index (Phi) is 3.43. The third-order valence-electron chi connectivity index (χ3n) is 2.57. The minimum Gasteiger partial charge on any atom is -0.397 e. The molecule has 3 N–H and O–H groups in total. The normalized spacial score (nSPS) is 10.0. The van der Waals surface area contributed by atoms with Gasteiger partial charge in [-0.2, -0.15) is 0 Å². The highest BCUT2D eigenvalue weighted by Crippen LogP contribution is 2.24. The third-order valence-corrected chi connectivity index (χ3v) is 2.57. The smallest absolute Gasteiger partial charge is 0.271 e. The quantitative estimate of drug-likeness (QED) is 0.491. The maximum absolute atomic E-state index is 10.7. The number of nitrogen functional groups attached to an aromatic ring is 1. The maximum atomic E-state index is 10.7. The van der Waals surface area contributed by atoms with Crippen molar-refractivity contribution in [2.75, 3.05) is 11.1 Å². The minimum atomic E-state index is -0.437. The highest BCUT2D eigenvalue weighted by molar-refractivity contribution is 5.69. The van der Waals surface area contributed by atoms with Crippen molar-refractivity contribution < 1.29 is 4.92 Å². The van der Waals surface area contributed by atoms with Crippen LogP contribution in [0, 0.1) is 10.1 Å². The second-order valence-corrected chi connectivity index (χ2v) is 3.87. The van der Waals surface area contributed by atoms with Crippen LogP contribution in [0.4, 0.5) is 17.1 Å². The fourth-order valence-electron chi connectivity index (χ4n) is 1.60. The number of nitrogens with zero attached hydrogens (tertiary/aromatic N) is 1. The van der Waals surface area contributed by atoms with Crippen molar-refractivity contribution in [3.05, 3.63) is 64.2 Å².